The van der Waals surface area contributed by atoms with Crippen LogP contribution in [0.5, 0.6) is 0 Å². The van der Waals surface area contributed by atoms with Gasteiger partial charge < -0.3 is 9.71 Å². The van der Waals surface area contributed by atoms with E-state index >= 15 is 0 Å². The molecule has 0 saturated heterocycles. The van der Waals surface area contributed by atoms with Crippen LogP contribution in [0.25, 0.3) is 10.9 Å². The van der Waals surface area contributed by atoms with Crippen molar-refractivity contribution in [3.05, 3.63) is 63.3 Å². The van der Waals surface area contributed by atoms with Crippen LogP contribution in [0.4, 0.5) is 5.69 Å². The molecule has 0 spiro atoms. The molecule has 0 aliphatic carbocycles. The first kappa shape index (κ1) is 19.4. The van der Waals surface area contributed by atoms with E-state index in [1.54, 1.807) is 12.1 Å². The molecule has 0 atom stereocenters. The highest BCUT2D eigenvalue weighted by Gasteiger charge is 2.21. The first-order valence-electron chi connectivity index (χ1n) is 8.83. The number of nitrogens with zero attached hydrogens (tertiary/aromatic N) is 1. The van der Waals surface area contributed by atoms with Gasteiger partial charge in [-0.2, -0.15) is 0 Å². The quantitative estimate of drug-likeness (QED) is 0.465. The standard InChI is InChI=1S/C18H17Cl2N3S.C2H6/c1-11-2-4-13(9-16(11)20)22-24-23-7-6-14-15-8-12(19)3-5-17(15)21-18(14)10-23;1-2/h2-5,8-9,21-22H,6-7,10H2,1H3;1-2H3. The van der Waals surface area contributed by atoms with Gasteiger partial charge in [0, 0.05) is 51.0 Å². The second-order valence-electron chi connectivity index (χ2n) is 6.04. The first-order valence-corrected chi connectivity index (χ1v) is 10.4. The van der Waals surface area contributed by atoms with Gasteiger partial charge in [0.25, 0.3) is 0 Å². The summed E-state index contributed by atoms with van der Waals surface area (Å²) in [6.45, 7) is 7.87. The zero-order valence-electron chi connectivity index (χ0n) is 15.2. The predicted octanol–water partition coefficient (Wildman–Crippen LogP) is 6.84. The molecule has 0 unspecified atom stereocenters. The third kappa shape index (κ3) is 4.15. The third-order valence-corrected chi connectivity index (χ3v) is 5.91. The molecule has 0 amide bonds. The van der Waals surface area contributed by atoms with Crippen molar-refractivity contribution < 1.29 is 0 Å². The lowest BCUT2D eigenvalue weighted by atomic mass is 10.0. The van der Waals surface area contributed by atoms with Gasteiger partial charge in [-0.15, -0.1) is 0 Å². The zero-order valence-corrected chi connectivity index (χ0v) is 17.5. The van der Waals surface area contributed by atoms with E-state index in [0.29, 0.717) is 0 Å². The van der Waals surface area contributed by atoms with Crippen LogP contribution in [0, 0.1) is 6.92 Å². The van der Waals surface area contributed by atoms with E-state index in [2.05, 4.69) is 32.2 Å². The Morgan fingerprint density at radius 3 is 2.69 bits per heavy atom. The van der Waals surface area contributed by atoms with Crippen LogP contribution in [0.15, 0.2) is 36.4 Å². The molecule has 3 aromatic rings. The minimum absolute atomic E-state index is 0.786. The fraction of sp³-hybridized carbons (Fsp3) is 0.300. The van der Waals surface area contributed by atoms with Gasteiger partial charge in [-0.25, -0.2) is 4.31 Å². The summed E-state index contributed by atoms with van der Waals surface area (Å²) in [5.41, 5.74) is 5.93. The number of hydrogen-bond acceptors (Lipinski definition) is 3. The molecule has 2 aromatic carbocycles. The van der Waals surface area contributed by atoms with Gasteiger partial charge in [-0.1, -0.05) is 43.1 Å². The SMILES string of the molecule is CC.Cc1ccc(NSN2CCc3c([nH]c4ccc(Cl)cc34)C2)cc1Cl. The highest BCUT2D eigenvalue weighted by Crippen LogP contribution is 2.32. The van der Waals surface area contributed by atoms with E-state index in [0.717, 1.165) is 46.3 Å². The minimum atomic E-state index is 0.786. The van der Waals surface area contributed by atoms with Gasteiger partial charge in [-0.3, -0.25) is 0 Å². The number of nitrogens with one attached hydrogen (secondary N) is 2. The average Bonchev–Trinajstić information content (AvgIpc) is 3.01. The lowest BCUT2D eigenvalue weighted by molar-refractivity contribution is 0.441. The number of aromatic amines is 1. The fourth-order valence-corrected chi connectivity index (χ4v) is 4.13. The zero-order chi connectivity index (χ0) is 18.7. The van der Waals surface area contributed by atoms with Crippen LogP contribution in [0.1, 0.15) is 30.7 Å². The maximum atomic E-state index is 6.18. The maximum Gasteiger partial charge on any atom is 0.0511 e. The molecule has 0 bridgehead atoms. The van der Waals surface area contributed by atoms with E-state index in [1.807, 2.05) is 39.0 Å². The Labute approximate surface area is 169 Å². The Morgan fingerprint density at radius 2 is 1.92 bits per heavy atom. The van der Waals surface area contributed by atoms with E-state index < -0.39 is 0 Å². The van der Waals surface area contributed by atoms with E-state index in [9.17, 15) is 0 Å². The van der Waals surface area contributed by atoms with Crippen LogP contribution in [0.3, 0.4) is 0 Å². The predicted molar refractivity (Wildman–Crippen MR) is 116 cm³/mol. The van der Waals surface area contributed by atoms with Gasteiger partial charge in [-0.05, 0) is 54.8 Å². The number of anilines is 1. The first-order chi connectivity index (χ1) is 12.6. The van der Waals surface area contributed by atoms with Crippen molar-refractivity contribution in [2.24, 2.45) is 0 Å². The Balaban J connectivity index is 0.000000948. The van der Waals surface area contributed by atoms with Crippen molar-refractivity contribution in [3.8, 4) is 0 Å². The normalized spacial score (nSPS) is 13.9. The molecule has 0 saturated carbocycles. The Bertz CT molecular complexity index is 907. The van der Waals surface area contributed by atoms with Crippen molar-refractivity contribution in [2.75, 3.05) is 11.3 Å². The number of rotatable bonds is 3. The molecule has 1 aliphatic rings. The van der Waals surface area contributed by atoms with Gasteiger partial charge >= 0.3 is 0 Å². The van der Waals surface area contributed by atoms with E-state index in [-0.39, 0.29) is 0 Å². The van der Waals surface area contributed by atoms with Crippen molar-refractivity contribution in [1.82, 2.24) is 9.29 Å². The van der Waals surface area contributed by atoms with Crippen molar-refractivity contribution in [2.45, 2.75) is 33.7 Å². The summed E-state index contributed by atoms with van der Waals surface area (Å²) in [5, 5.41) is 2.83. The summed E-state index contributed by atoms with van der Waals surface area (Å²) in [4.78, 5) is 3.53. The fourth-order valence-electron chi connectivity index (χ4n) is 3.04. The van der Waals surface area contributed by atoms with Gasteiger partial charge in [0.15, 0.2) is 0 Å². The largest absolute Gasteiger partial charge is 0.357 e. The smallest absolute Gasteiger partial charge is 0.0511 e. The highest BCUT2D eigenvalue weighted by atomic mass is 35.5. The topological polar surface area (TPSA) is 31.1 Å². The number of aryl methyl sites for hydroxylation is 1. The average molecular weight is 408 g/mol. The summed E-state index contributed by atoms with van der Waals surface area (Å²) in [7, 11) is 0. The number of hydrogen-bond donors (Lipinski definition) is 2. The van der Waals surface area contributed by atoms with Crippen molar-refractivity contribution in [3.63, 3.8) is 0 Å². The number of fused-ring (bicyclic) bond motifs is 3. The molecule has 2 heterocycles. The molecule has 1 aliphatic heterocycles. The molecule has 138 valence electrons. The van der Waals surface area contributed by atoms with Crippen LogP contribution in [0.2, 0.25) is 10.0 Å². The molecule has 3 nitrogen and oxygen atoms in total. The summed E-state index contributed by atoms with van der Waals surface area (Å²) in [6, 6.07) is 12.1. The summed E-state index contributed by atoms with van der Waals surface area (Å²) in [5.74, 6) is 0. The third-order valence-electron chi connectivity index (χ3n) is 4.37. The molecule has 6 heteroatoms. The Morgan fingerprint density at radius 1 is 1.12 bits per heavy atom. The molecular weight excluding hydrogens is 385 g/mol. The Kier molecular flexibility index (Phi) is 6.41. The monoisotopic (exact) mass is 407 g/mol. The summed E-state index contributed by atoms with van der Waals surface area (Å²) < 4.78 is 5.69. The van der Waals surface area contributed by atoms with E-state index in [4.69, 9.17) is 23.2 Å². The summed E-state index contributed by atoms with van der Waals surface area (Å²) >= 11 is 13.9. The van der Waals surface area contributed by atoms with Crippen molar-refractivity contribution >= 4 is 51.9 Å². The highest BCUT2D eigenvalue weighted by molar-refractivity contribution is 7.98. The van der Waals surface area contributed by atoms with Gasteiger partial charge in [0.2, 0.25) is 0 Å². The number of H-pyrrole nitrogens is 1. The molecular formula is C20H23Cl2N3S. The minimum Gasteiger partial charge on any atom is -0.357 e. The van der Waals surface area contributed by atoms with Gasteiger partial charge in [0.1, 0.15) is 0 Å². The van der Waals surface area contributed by atoms with Crippen molar-refractivity contribution in [1.29, 1.82) is 0 Å². The van der Waals surface area contributed by atoms with E-state index in [1.165, 1.54) is 16.6 Å². The summed E-state index contributed by atoms with van der Waals surface area (Å²) in [6.07, 6.45) is 1.01. The second kappa shape index (κ2) is 8.57. The van der Waals surface area contributed by atoms with Crippen LogP contribution in [-0.4, -0.2) is 15.8 Å². The van der Waals surface area contributed by atoms with Crippen LogP contribution < -0.4 is 4.72 Å². The molecule has 4 rings (SSSR count). The van der Waals surface area contributed by atoms with Gasteiger partial charge in [0.05, 0.1) is 6.54 Å². The van der Waals surface area contributed by atoms with Crippen LogP contribution in [-0.2, 0) is 13.0 Å². The Hall–Kier alpha value is -1.33. The van der Waals surface area contributed by atoms with Crippen LogP contribution >= 0.6 is 35.3 Å². The lowest BCUT2D eigenvalue weighted by Gasteiger charge is -2.25. The molecule has 0 radical (unpaired) electrons. The molecule has 26 heavy (non-hydrogen) atoms. The molecule has 1 aromatic heterocycles. The lowest BCUT2D eigenvalue weighted by Crippen LogP contribution is -2.25. The number of benzene rings is 2. The molecule has 2 N–H and O–H groups in total. The number of halogens is 2. The maximum absolute atomic E-state index is 6.18. The molecule has 0 fully saturated rings. The number of aromatic nitrogens is 1. The second-order valence-corrected chi connectivity index (χ2v) is 7.79.